The minimum Gasteiger partial charge on any atom is -0.687 e. The molecule has 0 bridgehead atoms. The van der Waals surface area contributed by atoms with Crippen LogP contribution in [0, 0.1) is 0 Å². The van der Waals surface area contributed by atoms with Crippen molar-refractivity contribution in [3.05, 3.63) is 29.6 Å². The predicted molar refractivity (Wildman–Crippen MR) is 48.0 cm³/mol. The standard InChI is InChI=1S/C8H12N3/c1-10-7-3-5-8(6-4-7)11(2)9/h3-6H,9H2,1-2H3/q-1. The quantitative estimate of drug-likeness (QED) is 0.514. The SMILES string of the molecule is C[N-]c1ccc(N(C)N)cc1. The lowest BCUT2D eigenvalue weighted by molar-refractivity contribution is 1.02. The molecule has 0 saturated heterocycles. The molecule has 3 heteroatoms. The molecule has 11 heavy (non-hydrogen) atoms. The second-order valence-corrected chi connectivity index (χ2v) is 2.35. The Bertz CT molecular complexity index is 215. The van der Waals surface area contributed by atoms with E-state index in [4.69, 9.17) is 5.84 Å². The average Bonchev–Trinajstić information content (AvgIpc) is 2.05. The molecule has 1 rings (SSSR count). The lowest BCUT2D eigenvalue weighted by Crippen LogP contribution is -2.24. The smallest absolute Gasteiger partial charge is 0.0512 e. The van der Waals surface area contributed by atoms with Crippen LogP contribution in [0.1, 0.15) is 0 Å². The highest BCUT2D eigenvalue weighted by atomic mass is 15.4. The van der Waals surface area contributed by atoms with Gasteiger partial charge < -0.3 is 10.3 Å². The summed E-state index contributed by atoms with van der Waals surface area (Å²) in [6.07, 6.45) is 0. The number of hydrogen-bond acceptors (Lipinski definition) is 2. The van der Waals surface area contributed by atoms with Crippen molar-refractivity contribution in [2.45, 2.75) is 0 Å². The van der Waals surface area contributed by atoms with Gasteiger partial charge in [0.05, 0.1) is 5.69 Å². The first-order valence-electron chi connectivity index (χ1n) is 3.42. The Hall–Kier alpha value is -1.22. The minimum atomic E-state index is 0.968. The Morgan fingerprint density at radius 2 is 1.82 bits per heavy atom. The van der Waals surface area contributed by atoms with Crippen LogP contribution in [-0.4, -0.2) is 14.1 Å². The maximum Gasteiger partial charge on any atom is 0.0512 e. The van der Waals surface area contributed by atoms with Crippen LogP contribution in [0.3, 0.4) is 0 Å². The van der Waals surface area contributed by atoms with Crippen molar-refractivity contribution >= 4 is 11.4 Å². The van der Waals surface area contributed by atoms with Gasteiger partial charge in [-0.25, -0.2) is 5.84 Å². The van der Waals surface area contributed by atoms with Crippen LogP contribution < -0.4 is 10.9 Å². The van der Waals surface area contributed by atoms with Gasteiger partial charge >= 0.3 is 0 Å². The van der Waals surface area contributed by atoms with Gasteiger partial charge in [0.25, 0.3) is 0 Å². The molecule has 0 fully saturated rings. The average molecular weight is 150 g/mol. The topological polar surface area (TPSA) is 43.4 Å². The van der Waals surface area contributed by atoms with E-state index in [1.54, 1.807) is 19.1 Å². The summed E-state index contributed by atoms with van der Waals surface area (Å²) in [5.41, 5.74) is 1.95. The molecule has 0 amide bonds. The number of rotatable bonds is 2. The summed E-state index contributed by atoms with van der Waals surface area (Å²) in [7, 11) is 3.57. The fraction of sp³-hybridized carbons (Fsp3) is 0.250. The molecule has 0 spiro atoms. The Kier molecular flexibility index (Phi) is 2.33. The summed E-state index contributed by atoms with van der Waals surface area (Å²) < 4.78 is 0. The second-order valence-electron chi connectivity index (χ2n) is 2.35. The van der Waals surface area contributed by atoms with Crippen LogP contribution in [0.4, 0.5) is 11.4 Å². The van der Waals surface area contributed by atoms with E-state index < -0.39 is 0 Å². The molecule has 1 aromatic rings. The second kappa shape index (κ2) is 3.25. The zero-order valence-corrected chi connectivity index (χ0v) is 6.78. The maximum absolute atomic E-state index is 5.51. The van der Waals surface area contributed by atoms with E-state index >= 15 is 0 Å². The molecule has 0 aliphatic heterocycles. The van der Waals surface area contributed by atoms with E-state index in [0.29, 0.717) is 0 Å². The van der Waals surface area contributed by atoms with E-state index in [1.165, 1.54) is 0 Å². The number of hydrazine groups is 1. The lowest BCUT2D eigenvalue weighted by atomic mass is 10.3. The molecule has 0 unspecified atom stereocenters. The molecule has 2 N–H and O–H groups in total. The molecular weight excluding hydrogens is 138 g/mol. The number of anilines is 1. The van der Waals surface area contributed by atoms with Gasteiger partial charge in [-0.3, -0.25) is 0 Å². The molecule has 0 saturated carbocycles. The highest BCUT2D eigenvalue weighted by molar-refractivity contribution is 5.55. The van der Waals surface area contributed by atoms with Gasteiger partial charge in [-0.15, -0.1) is 12.7 Å². The van der Waals surface area contributed by atoms with Crippen molar-refractivity contribution in [1.29, 1.82) is 0 Å². The lowest BCUT2D eigenvalue weighted by Gasteiger charge is -2.16. The zero-order chi connectivity index (χ0) is 8.27. The van der Waals surface area contributed by atoms with Crippen LogP contribution in [0.15, 0.2) is 24.3 Å². The van der Waals surface area contributed by atoms with Crippen molar-refractivity contribution < 1.29 is 0 Å². The highest BCUT2D eigenvalue weighted by Crippen LogP contribution is 2.19. The monoisotopic (exact) mass is 150 g/mol. The molecule has 0 aliphatic rings. The Morgan fingerprint density at radius 1 is 1.27 bits per heavy atom. The van der Waals surface area contributed by atoms with Gasteiger partial charge in [-0.05, 0) is 12.1 Å². The summed E-state index contributed by atoms with van der Waals surface area (Å²) in [6, 6.07) is 7.72. The first kappa shape index (κ1) is 7.88. The van der Waals surface area contributed by atoms with Crippen LogP contribution in [-0.2, 0) is 0 Å². The third-order valence-electron chi connectivity index (χ3n) is 1.52. The van der Waals surface area contributed by atoms with Crippen molar-refractivity contribution in [2.24, 2.45) is 5.84 Å². The molecule has 3 nitrogen and oxygen atoms in total. The summed E-state index contributed by atoms with van der Waals surface area (Å²) in [4.78, 5) is 0. The molecule has 60 valence electrons. The molecule has 1 aromatic carbocycles. The molecule has 0 radical (unpaired) electrons. The Labute approximate surface area is 66.8 Å². The van der Waals surface area contributed by atoms with Crippen molar-refractivity contribution in [1.82, 2.24) is 0 Å². The summed E-state index contributed by atoms with van der Waals surface area (Å²) in [5, 5.41) is 5.58. The summed E-state index contributed by atoms with van der Waals surface area (Å²) in [6.45, 7) is 0. The summed E-state index contributed by atoms with van der Waals surface area (Å²) >= 11 is 0. The van der Waals surface area contributed by atoms with Gasteiger partial charge in [0.2, 0.25) is 0 Å². The first-order valence-corrected chi connectivity index (χ1v) is 3.42. The molecule has 0 atom stereocenters. The van der Waals surface area contributed by atoms with E-state index in [0.717, 1.165) is 11.4 Å². The van der Waals surface area contributed by atoms with E-state index in [9.17, 15) is 0 Å². The first-order chi connectivity index (χ1) is 5.24. The van der Waals surface area contributed by atoms with Gasteiger partial charge in [0.1, 0.15) is 0 Å². The van der Waals surface area contributed by atoms with Gasteiger partial charge in [-0.2, -0.15) is 0 Å². The van der Waals surface area contributed by atoms with E-state index in [1.807, 2.05) is 24.3 Å². The predicted octanol–water partition coefficient (Wildman–Crippen LogP) is 1.63. The molecule has 0 aromatic heterocycles. The molecule has 0 heterocycles. The number of nitrogens with zero attached hydrogens (tertiary/aromatic N) is 2. The minimum absolute atomic E-state index is 0.968. The number of nitrogens with two attached hydrogens (primary N) is 1. The molecular formula is C8H12N3-. The van der Waals surface area contributed by atoms with Crippen LogP contribution in [0.25, 0.3) is 5.32 Å². The van der Waals surface area contributed by atoms with Crippen LogP contribution in [0.5, 0.6) is 0 Å². The van der Waals surface area contributed by atoms with Crippen LogP contribution in [0.2, 0.25) is 0 Å². The zero-order valence-electron chi connectivity index (χ0n) is 6.78. The Balaban J connectivity index is 2.83. The van der Waals surface area contributed by atoms with E-state index in [-0.39, 0.29) is 0 Å². The molecule has 0 aliphatic carbocycles. The number of hydrogen-bond donors (Lipinski definition) is 1. The van der Waals surface area contributed by atoms with E-state index in [2.05, 4.69) is 5.32 Å². The van der Waals surface area contributed by atoms with Crippen molar-refractivity contribution in [2.75, 3.05) is 19.1 Å². The normalized spacial score (nSPS) is 9.36. The van der Waals surface area contributed by atoms with Crippen molar-refractivity contribution in [3.63, 3.8) is 0 Å². The third-order valence-corrected chi connectivity index (χ3v) is 1.52. The fourth-order valence-corrected chi connectivity index (χ4v) is 0.837. The Morgan fingerprint density at radius 3 is 2.18 bits per heavy atom. The van der Waals surface area contributed by atoms with Crippen molar-refractivity contribution in [3.8, 4) is 0 Å². The van der Waals surface area contributed by atoms with Gasteiger partial charge in [0, 0.05) is 7.05 Å². The largest absolute Gasteiger partial charge is 0.687 e. The van der Waals surface area contributed by atoms with Gasteiger partial charge in [0.15, 0.2) is 0 Å². The number of benzene rings is 1. The maximum atomic E-state index is 5.51. The van der Waals surface area contributed by atoms with Gasteiger partial charge in [-0.1, -0.05) is 12.1 Å². The summed E-state index contributed by atoms with van der Waals surface area (Å²) in [5.74, 6) is 5.51. The third kappa shape index (κ3) is 1.85. The highest BCUT2D eigenvalue weighted by Gasteiger charge is 1.90. The van der Waals surface area contributed by atoms with Crippen LogP contribution >= 0.6 is 0 Å². The fourth-order valence-electron chi connectivity index (χ4n) is 0.837.